The zero-order valence-corrected chi connectivity index (χ0v) is 8.88. The van der Waals surface area contributed by atoms with Gasteiger partial charge in [0, 0.05) is 30.4 Å². The van der Waals surface area contributed by atoms with Crippen LogP contribution in [-0.4, -0.2) is 16.2 Å². The highest BCUT2D eigenvalue weighted by molar-refractivity contribution is 7.07. The third-order valence-electron chi connectivity index (χ3n) is 1.23. The van der Waals surface area contributed by atoms with E-state index in [2.05, 4.69) is 19.4 Å². The van der Waals surface area contributed by atoms with Crippen LogP contribution in [0.5, 0.6) is 0 Å². The monoisotopic (exact) mass is 221 g/mol. The Morgan fingerprint density at radius 2 is 2.20 bits per heavy atom. The first-order chi connectivity index (χ1) is 7.50. The molecule has 1 aliphatic rings. The maximum absolute atomic E-state index is 4.47. The summed E-state index contributed by atoms with van der Waals surface area (Å²) in [6.07, 6.45) is 13.0. The molecule has 0 N–H and O–H groups in total. The minimum atomic E-state index is 1.03. The summed E-state index contributed by atoms with van der Waals surface area (Å²) in [5.74, 6) is 0. The van der Waals surface area contributed by atoms with E-state index < -0.39 is 0 Å². The van der Waals surface area contributed by atoms with Gasteiger partial charge in [0.2, 0.25) is 0 Å². The minimum Gasteiger partial charge on any atom is -0.452 e. The van der Waals surface area contributed by atoms with Gasteiger partial charge in [-0.2, -0.15) is 0 Å². The molecule has 1 aliphatic heterocycles. The Kier molecular flexibility index (Phi) is 6.67. The molecule has 15 heavy (non-hydrogen) atoms. The first kappa shape index (κ1) is 11.3. The van der Waals surface area contributed by atoms with Gasteiger partial charge in [0.1, 0.15) is 6.26 Å². The van der Waals surface area contributed by atoms with Gasteiger partial charge in [0.15, 0.2) is 6.39 Å². The first-order valence-corrected chi connectivity index (χ1v) is 5.25. The van der Waals surface area contributed by atoms with E-state index in [9.17, 15) is 0 Å². The second-order valence-corrected chi connectivity index (χ2v) is 3.06. The van der Waals surface area contributed by atoms with E-state index in [0.29, 0.717) is 0 Å². The fraction of sp³-hybridized carbons (Fsp3) is 0.100. The van der Waals surface area contributed by atoms with Crippen molar-refractivity contribution in [2.45, 2.75) is 6.42 Å². The molecular weight excluding hydrogens is 210 g/mol. The van der Waals surface area contributed by atoms with Crippen molar-refractivity contribution in [1.29, 1.82) is 0 Å². The van der Waals surface area contributed by atoms with Gasteiger partial charge in [-0.05, 0) is 0 Å². The highest BCUT2D eigenvalue weighted by atomic mass is 32.1. The molecule has 3 heterocycles. The van der Waals surface area contributed by atoms with Crippen molar-refractivity contribution in [3.05, 3.63) is 48.2 Å². The topological polar surface area (TPSA) is 51.3 Å². The summed E-state index contributed by atoms with van der Waals surface area (Å²) in [6, 6.07) is 0. The molecule has 0 amide bonds. The summed E-state index contributed by atoms with van der Waals surface area (Å²) in [6.45, 7) is 0. The van der Waals surface area contributed by atoms with Gasteiger partial charge >= 0.3 is 0 Å². The Bertz CT molecular complexity index is 283. The number of aromatic nitrogens is 2. The van der Waals surface area contributed by atoms with Crippen LogP contribution in [0.1, 0.15) is 6.42 Å². The van der Waals surface area contributed by atoms with Crippen LogP contribution in [0.3, 0.4) is 0 Å². The molecule has 0 bridgehead atoms. The van der Waals surface area contributed by atoms with E-state index in [-0.39, 0.29) is 0 Å². The molecule has 2 aromatic heterocycles. The third kappa shape index (κ3) is 7.33. The molecule has 0 spiro atoms. The summed E-state index contributed by atoms with van der Waals surface area (Å²) in [5.41, 5.74) is 1.79. The van der Waals surface area contributed by atoms with Gasteiger partial charge in [-0.1, -0.05) is 6.08 Å². The second-order valence-electron chi connectivity index (χ2n) is 2.30. The van der Waals surface area contributed by atoms with Crippen LogP contribution < -0.4 is 0 Å². The molecule has 0 unspecified atom stereocenters. The number of aliphatic imine (C=N–C) groups is 1. The van der Waals surface area contributed by atoms with Gasteiger partial charge in [0.25, 0.3) is 0 Å². The lowest BCUT2D eigenvalue weighted by molar-refractivity contribution is 0.558. The van der Waals surface area contributed by atoms with Crippen LogP contribution in [0.4, 0.5) is 0 Å². The van der Waals surface area contributed by atoms with Crippen molar-refractivity contribution < 1.29 is 4.42 Å². The van der Waals surface area contributed by atoms with Crippen molar-refractivity contribution in [2.75, 3.05) is 0 Å². The Labute approximate surface area is 92.0 Å². The average molecular weight is 221 g/mol. The van der Waals surface area contributed by atoms with Crippen LogP contribution in [0, 0.1) is 0 Å². The zero-order valence-electron chi connectivity index (χ0n) is 8.06. The summed E-state index contributed by atoms with van der Waals surface area (Å²) >= 11 is 1.60. The van der Waals surface area contributed by atoms with E-state index in [1.54, 1.807) is 35.4 Å². The fourth-order valence-electron chi connectivity index (χ4n) is 0.656. The Morgan fingerprint density at radius 3 is 2.40 bits per heavy atom. The number of hydrogen-bond acceptors (Lipinski definition) is 5. The molecule has 78 valence electrons. The second kappa shape index (κ2) is 8.83. The van der Waals surface area contributed by atoms with Crippen LogP contribution in [0.2, 0.25) is 0 Å². The van der Waals surface area contributed by atoms with E-state index in [4.69, 9.17) is 0 Å². The highest BCUT2D eigenvalue weighted by Crippen LogP contribution is 1.86. The van der Waals surface area contributed by atoms with Crippen LogP contribution >= 0.6 is 11.3 Å². The van der Waals surface area contributed by atoms with Crippen LogP contribution in [0.15, 0.2) is 57.6 Å². The highest BCUT2D eigenvalue weighted by Gasteiger charge is 1.73. The lowest BCUT2D eigenvalue weighted by atomic mass is 10.5. The molecule has 0 saturated carbocycles. The number of nitrogens with zero attached hydrogens (tertiary/aromatic N) is 3. The normalized spacial score (nSPS) is 11.2. The Hall–Kier alpha value is -1.75. The standard InChI is InChI=1S/C4H5N.C3H3NO.C3H3NS/c1-2-4-5-3-1;2*1-2-5-3-4-1/h1,3-4H,2H2;2*1-3H. The molecule has 0 radical (unpaired) electrons. The van der Waals surface area contributed by atoms with Gasteiger partial charge in [0.05, 0.1) is 11.7 Å². The SMILES string of the molecule is C1=CN=CC1.c1cocn1.c1cscn1. The maximum atomic E-state index is 4.47. The molecule has 0 fully saturated rings. The van der Waals surface area contributed by atoms with Crippen LogP contribution in [-0.2, 0) is 0 Å². The fourth-order valence-corrected chi connectivity index (χ4v) is 1.01. The Morgan fingerprint density at radius 1 is 1.20 bits per heavy atom. The zero-order chi connectivity index (χ0) is 10.6. The molecule has 2 aromatic rings. The van der Waals surface area contributed by atoms with Crippen molar-refractivity contribution >= 4 is 17.6 Å². The number of allylic oxidation sites excluding steroid dienone is 1. The predicted molar refractivity (Wildman–Crippen MR) is 60.9 cm³/mol. The Balaban J connectivity index is 0.000000112. The quantitative estimate of drug-likeness (QED) is 0.687. The first-order valence-electron chi connectivity index (χ1n) is 4.31. The van der Waals surface area contributed by atoms with Crippen molar-refractivity contribution in [3.63, 3.8) is 0 Å². The molecule has 3 rings (SSSR count). The maximum Gasteiger partial charge on any atom is 0.180 e. The summed E-state index contributed by atoms with van der Waals surface area (Å²) in [4.78, 5) is 11.1. The average Bonchev–Trinajstić information content (AvgIpc) is 3.09. The van der Waals surface area contributed by atoms with Crippen molar-refractivity contribution in [3.8, 4) is 0 Å². The van der Waals surface area contributed by atoms with Crippen molar-refractivity contribution in [1.82, 2.24) is 9.97 Å². The largest absolute Gasteiger partial charge is 0.452 e. The lowest BCUT2D eigenvalue weighted by Crippen LogP contribution is -1.51. The number of hydrogen-bond donors (Lipinski definition) is 0. The molecular formula is C10H11N3OS. The molecule has 0 atom stereocenters. The van der Waals surface area contributed by atoms with Crippen molar-refractivity contribution in [2.24, 2.45) is 4.99 Å². The molecule has 5 heteroatoms. The van der Waals surface area contributed by atoms with Gasteiger partial charge in [-0.3, -0.25) is 9.98 Å². The van der Waals surface area contributed by atoms with E-state index >= 15 is 0 Å². The van der Waals surface area contributed by atoms with E-state index in [1.807, 2.05) is 17.7 Å². The summed E-state index contributed by atoms with van der Waals surface area (Å²) in [7, 11) is 0. The van der Waals surface area contributed by atoms with Gasteiger partial charge in [-0.15, -0.1) is 11.3 Å². The van der Waals surface area contributed by atoms with E-state index in [1.165, 1.54) is 12.7 Å². The smallest absolute Gasteiger partial charge is 0.180 e. The third-order valence-corrected chi connectivity index (χ3v) is 1.76. The molecule has 0 aliphatic carbocycles. The lowest BCUT2D eigenvalue weighted by Gasteiger charge is -1.54. The number of rotatable bonds is 0. The molecule has 0 aromatic carbocycles. The summed E-state index contributed by atoms with van der Waals surface area (Å²) in [5, 5.41) is 1.93. The number of oxazole rings is 1. The minimum absolute atomic E-state index is 1.03. The van der Waals surface area contributed by atoms with E-state index in [0.717, 1.165) is 6.42 Å². The van der Waals surface area contributed by atoms with Gasteiger partial charge < -0.3 is 4.42 Å². The predicted octanol–water partition coefficient (Wildman–Crippen LogP) is 2.79. The summed E-state index contributed by atoms with van der Waals surface area (Å²) < 4.78 is 4.47. The molecule has 0 saturated heterocycles. The van der Waals surface area contributed by atoms with Gasteiger partial charge in [-0.25, -0.2) is 4.98 Å². The number of thiazole rings is 1. The molecule has 4 nitrogen and oxygen atoms in total. The van der Waals surface area contributed by atoms with Crippen LogP contribution in [0.25, 0.3) is 0 Å².